The van der Waals surface area contributed by atoms with Crippen molar-refractivity contribution in [2.24, 2.45) is 0 Å². The number of hydrogen-bond acceptors (Lipinski definition) is 2. The molecule has 2 N–H and O–H groups in total. The van der Waals surface area contributed by atoms with Crippen LogP contribution in [0.5, 0.6) is 0 Å². The Balaban J connectivity index is 1.91. The van der Waals surface area contributed by atoms with Gasteiger partial charge in [-0.1, -0.05) is 37.3 Å². The van der Waals surface area contributed by atoms with E-state index in [9.17, 15) is 9.59 Å². The van der Waals surface area contributed by atoms with Gasteiger partial charge in [0.25, 0.3) is 0 Å². The maximum Gasteiger partial charge on any atom is 0.228 e. The highest BCUT2D eigenvalue weighted by atomic mass is 16.2. The highest BCUT2D eigenvalue weighted by Gasteiger charge is 2.04. The monoisotopic (exact) mass is 282 g/mol. The molecule has 0 aromatic heterocycles. The van der Waals surface area contributed by atoms with E-state index in [4.69, 9.17) is 0 Å². The van der Waals surface area contributed by atoms with Gasteiger partial charge in [0.1, 0.15) is 0 Å². The van der Waals surface area contributed by atoms with Gasteiger partial charge in [0.15, 0.2) is 0 Å². The highest BCUT2D eigenvalue weighted by Crippen LogP contribution is 2.14. The second-order valence-electron chi connectivity index (χ2n) is 4.69. The third-order valence-corrected chi connectivity index (χ3v) is 2.98. The van der Waals surface area contributed by atoms with Gasteiger partial charge in [-0.15, -0.1) is 0 Å². The van der Waals surface area contributed by atoms with Gasteiger partial charge < -0.3 is 10.6 Å². The van der Waals surface area contributed by atoms with Gasteiger partial charge in [-0.3, -0.25) is 9.59 Å². The summed E-state index contributed by atoms with van der Waals surface area (Å²) >= 11 is 0. The zero-order valence-corrected chi connectivity index (χ0v) is 11.9. The van der Waals surface area contributed by atoms with Crippen LogP contribution in [0.4, 0.5) is 11.4 Å². The van der Waals surface area contributed by atoms with Gasteiger partial charge >= 0.3 is 0 Å². The van der Waals surface area contributed by atoms with Crippen molar-refractivity contribution in [3.63, 3.8) is 0 Å². The van der Waals surface area contributed by atoms with E-state index in [1.54, 1.807) is 31.2 Å². The van der Waals surface area contributed by atoms with Crippen LogP contribution in [-0.2, 0) is 16.0 Å². The average Bonchev–Trinajstić information content (AvgIpc) is 2.50. The topological polar surface area (TPSA) is 58.2 Å². The molecule has 0 spiro atoms. The summed E-state index contributed by atoms with van der Waals surface area (Å²) < 4.78 is 0. The number of hydrogen-bond donors (Lipinski definition) is 2. The number of anilines is 2. The molecule has 2 rings (SSSR count). The molecule has 2 aromatic carbocycles. The first-order chi connectivity index (χ1) is 10.2. The molecule has 4 nitrogen and oxygen atoms in total. The fraction of sp³-hybridized carbons (Fsp3) is 0.176. The van der Waals surface area contributed by atoms with Gasteiger partial charge in [0.2, 0.25) is 11.8 Å². The van der Waals surface area contributed by atoms with Crippen LogP contribution in [0.15, 0.2) is 54.6 Å². The molecule has 0 aliphatic carbocycles. The van der Waals surface area contributed by atoms with Gasteiger partial charge in [0, 0.05) is 17.8 Å². The van der Waals surface area contributed by atoms with Gasteiger partial charge in [-0.05, 0) is 29.8 Å². The smallest absolute Gasteiger partial charge is 0.228 e. The number of carbonyl (C=O) groups is 2. The van der Waals surface area contributed by atoms with Crippen molar-refractivity contribution in [1.29, 1.82) is 0 Å². The molecule has 0 fully saturated rings. The van der Waals surface area contributed by atoms with E-state index in [1.165, 1.54) is 0 Å². The molecule has 108 valence electrons. The molecule has 2 amide bonds. The summed E-state index contributed by atoms with van der Waals surface area (Å²) in [5, 5.41) is 5.59. The maximum absolute atomic E-state index is 11.9. The van der Waals surface area contributed by atoms with E-state index in [0.717, 1.165) is 11.3 Å². The van der Waals surface area contributed by atoms with Crippen LogP contribution in [0.2, 0.25) is 0 Å². The normalized spacial score (nSPS) is 9.95. The standard InChI is InChI=1S/C17H18N2O2/c1-2-16(20)18-14-8-10-15(11-9-14)19-17(21)12-13-6-4-3-5-7-13/h3-11H,2,12H2,1H3,(H,18,20)(H,19,21). The number of carbonyl (C=O) groups excluding carboxylic acids is 2. The summed E-state index contributed by atoms with van der Waals surface area (Å²) in [6.45, 7) is 1.80. The minimum absolute atomic E-state index is 0.0316. The Bertz CT molecular complexity index is 606. The van der Waals surface area contributed by atoms with Crippen molar-refractivity contribution < 1.29 is 9.59 Å². The lowest BCUT2D eigenvalue weighted by molar-refractivity contribution is -0.116. The quantitative estimate of drug-likeness (QED) is 0.884. The first-order valence-electron chi connectivity index (χ1n) is 6.91. The Hall–Kier alpha value is -2.62. The summed E-state index contributed by atoms with van der Waals surface area (Å²) in [7, 11) is 0. The summed E-state index contributed by atoms with van der Waals surface area (Å²) in [4.78, 5) is 23.2. The minimum Gasteiger partial charge on any atom is -0.326 e. The Morgan fingerprint density at radius 2 is 1.33 bits per heavy atom. The molecular formula is C17H18N2O2. The summed E-state index contributed by atoms with van der Waals surface area (Å²) in [6.07, 6.45) is 0.782. The van der Waals surface area contributed by atoms with Gasteiger partial charge in [-0.25, -0.2) is 0 Å². The molecule has 0 heterocycles. The van der Waals surface area contributed by atoms with Gasteiger partial charge in [0.05, 0.1) is 6.42 Å². The number of nitrogens with one attached hydrogen (secondary N) is 2. The van der Waals surface area contributed by atoms with Crippen LogP contribution in [-0.4, -0.2) is 11.8 Å². The summed E-state index contributed by atoms with van der Waals surface area (Å²) in [5.74, 6) is -0.0950. The lowest BCUT2D eigenvalue weighted by Crippen LogP contribution is -2.14. The van der Waals surface area contributed by atoms with Crippen LogP contribution in [0.1, 0.15) is 18.9 Å². The molecule has 2 aromatic rings. The molecule has 21 heavy (non-hydrogen) atoms. The lowest BCUT2D eigenvalue weighted by atomic mass is 10.1. The molecule has 0 radical (unpaired) electrons. The van der Waals surface area contributed by atoms with Gasteiger partial charge in [-0.2, -0.15) is 0 Å². The van der Waals surface area contributed by atoms with Crippen LogP contribution < -0.4 is 10.6 Å². The average molecular weight is 282 g/mol. The summed E-state index contributed by atoms with van der Waals surface area (Å²) in [6, 6.07) is 16.7. The predicted octanol–water partition coefficient (Wildman–Crippen LogP) is 3.22. The molecule has 0 bridgehead atoms. The predicted molar refractivity (Wildman–Crippen MR) is 84.1 cm³/mol. The molecule has 0 saturated carbocycles. The Labute approximate surface area is 124 Å². The zero-order chi connectivity index (χ0) is 15.1. The first-order valence-corrected chi connectivity index (χ1v) is 6.91. The molecular weight excluding hydrogens is 264 g/mol. The Morgan fingerprint density at radius 3 is 1.86 bits per heavy atom. The third kappa shape index (κ3) is 4.76. The maximum atomic E-state index is 11.9. The molecule has 0 unspecified atom stereocenters. The largest absolute Gasteiger partial charge is 0.326 e. The van der Waals surface area contributed by atoms with Crippen LogP contribution in [0.25, 0.3) is 0 Å². The fourth-order valence-electron chi connectivity index (χ4n) is 1.87. The second kappa shape index (κ2) is 7.24. The summed E-state index contributed by atoms with van der Waals surface area (Å²) in [5.41, 5.74) is 2.41. The van der Waals surface area contributed by atoms with E-state index in [0.29, 0.717) is 18.5 Å². The molecule has 4 heteroatoms. The first kappa shape index (κ1) is 14.8. The number of amides is 2. The van der Waals surface area contributed by atoms with E-state index < -0.39 is 0 Å². The molecule has 0 aliphatic heterocycles. The molecule has 0 aliphatic rings. The van der Waals surface area contributed by atoms with Crippen LogP contribution in [0.3, 0.4) is 0 Å². The van der Waals surface area contributed by atoms with Crippen LogP contribution >= 0.6 is 0 Å². The second-order valence-corrected chi connectivity index (χ2v) is 4.69. The number of benzene rings is 2. The highest BCUT2D eigenvalue weighted by molar-refractivity contribution is 5.93. The van der Waals surface area contributed by atoms with Crippen molar-refractivity contribution in [1.82, 2.24) is 0 Å². The Morgan fingerprint density at radius 1 is 0.810 bits per heavy atom. The lowest BCUT2D eigenvalue weighted by Gasteiger charge is -2.07. The van der Waals surface area contributed by atoms with E-state index in [-0.39, 0.29) is 11.8 Å². The van der Waals surface area contributed by atoms with Crippen molar-refractivity contribution in [2.45, 2.75) is 19.8 Å². The van der Waals surface area contributed by atoms with E-state index in [1.807, 2.05) is 30.3 Å². The van der Waals surface area contributed by atoms with E-state index in [2.05, 4.69) is 10.6 Å². The minimum atomic E-state index is -0.0634. The third-order valence-electron chi connectivity index (χ3n) is 2.98. The molecule has 0 saturated heterocycles. The SMILES string of the molecule is CCC(=O)Nc1ccc(NC(=O)Cc2ccccc2)cc1. The van der Waals surface area contributed by atoms with Crippen molar-refractivity contribution >= 4 is 23.2 Å². The van der Waals surface area contributed by atoms with Crippen molar-refractivity contribution in [2.75, 3.05) is 10.6 Å². The Kier molecular flexibility index (Phi) is 5.10. The number of rotatable bonds is 5. The zero-order valence-electron chi connectivity index (χ0n) is 11.9. The molecule has 0 atom stereocenters. The van der Waals surface area contributed by atoms with Crippen LogP contribution in [0, 0.1) is 0 Å². The van der Waals surface area contributed by atoms with Crippen molar-refractivity contribution in [3.05, 3.63) is 60.2 Å². The van der Waals surface area contributed by atoms with Crippen molar-refractivity contribution in [3.8, 4) is 0 Å². The van der Waals surface area contributed by atoms with E-state index >= 15 is 0 Å². The fourth-order valence-corrected chi connectivity index (χ4v) is 1.87.